The first kappa shape index (κ1) is 14.0. The summed E-state index contributed by atoms with van der Waals surface area (Å²) in [6.07, 6.45) is -0.412. The molecule has 0 spiro atoms. The van der Waals surface area contributed by atoms with Crippen LogP contribution in [0.15, 0.2) is 22.7 Å². The number of nitrogens with one attached hydrogen (secondary N) is 1. The van der Waals surface area contributed by atoms with Crippen molar-refractivity contribution in [2.24, 2.45) is 0 Å². The summed E-state index contributed by atoms with van der Waals surface area (Å²) >= 11 is 3.30. The summed E-state index contributed by atoms with van der Waals surface area (Å²) in [6, 6.07) is 5.00. The molecule has 0 amide bonds. The Kier molecular flexibility index (Phi) is 4.53. The quantitative estimate of drug-likeness (QED) is 0.868. The lowest BCUT2D eigenvalue weighted by Gasteiger charge is -2.08. The Hall–Kier alpha value is -1.08. The van der Waals surface area contributed by atoms with Crippen LogP contribution in [0.2, 0.25) is 0 Å². The zero-order chi connectivity index (χ0) is 13.1. The molecule has 0 saturated carbocycles. The van der Waals surface area contributed by atoms with Crippen LogP contribution in [0.1, 0.15) is 12.0 Å². The first-order valence-electron chi connectivity index (χ1n) is 4.78. The van der Waals surface area contributed by atoms with Gasteiger partial charge in [0.25, 0.3) is 0 Å². The number of rotatable bonds is 5. The second kappa shape index (κ2) is 5.50. The molecule has 0 unspecified atom stereocenters. The van der Waals surface area contributed by atoms with Crippen molar-refractivity contribution in [1.82, 2.24) is 0 Å². The first-order chi connectivity index (χ1) is 7.80. The van der Waals surface area contributed by atoms with Crippen molar-refractivity contribution in [1.29, 1.82) is 0 Å². The lowest BCUT2D eigenvalue weighted by atomic mass is 10.2. The van der Waals surface area contributed by atoms with Crippen molar-refractivity contribution in [2.45, 2.75) is 13.3 Å². The van der Waals surface area contributed by atoms with Gasteiger partial charge in [-0.25, -0.2) is 8.42 Å². The maximum atomic E-state index is 11.5. The fourth-order valence-electron chi connectivity index (χ4n) is 1.16. The zero-order valence-corrected chi connectivity index (χ0v) is 11.5. The van der Waals surface area contributed by atoms with Crippen LogP contribution in [-0.4, -0.2) is 25.2 Å². The molecular weight excluding hydrogens is 310 g/mol. The average Bonchev–Trinajstić information content (AvgIpc) is 2.21. The van der Waals surface area contributed by atoms with E-state index >= 15 is 0 Å². The van der Waals surface area contributed by atoms with Gasteiger partial charge in [-0.05, 0) is 30.7 Å². The summed E-state index contributed by atoms with van der Waals surface area (Å²) in [4.78, 5) is 10.3. The van der Waals surface area contributed by atoms with E-state index in [0.29, 0.717) is 5.69 Å². The van der Waals surface area contributed by atoms with Gasteiger partial charge >= 0.3 is 5.97 Å². The fraction of sp³-hybridized carbons (Fsp3) is 0.300. The molecule has 0 fully saturated rings. The highest BCUT2D eigenvalue weighted by Gasteiger charge is 2.13. The molecule has 0 aliphatic heterocycles. The third kappa shape index (κ3) is 4.74. The number of aliphatic carboxylic acids is 1. The maximum Gasteiger partial charge on any atom is 0.304 e. The third-order valence-electron chi connectivity index (χ3n) is 2.02. The van der Waals surface area contributed by atoms with Gasteiger partial charge in [0.15, 0.2) is 0 Å². The van der Waals surface area contributed by atoms with Crippen LogP contribution in [0.4, 0.5) is 5.69 Å². The molecule has 0 bridgehead atoms. The van der Waals surface area contributed by atoms with Crippen LogP contribution in [0.25, 0.3) is 0 Å². The molecule has 1 aromatic carbocycles. The number of halogens is 1. The number of hydrogen-bond acceptors (Lipinski definition) is 3. The number of carbonyl (C=O) groups is 1. The minimum atomic E-state index is -3.61. The summed E-state index contributed by atoms with van der Waals surface area (Å²) in [6.45, 7) is 1.83. The number of aryl methyl sites for hydroxylation is 1. The van der Waals surface area contributed by atoms with E-state index in [4.69, 9.17) is 5.11 Å². The molecule has 2 N–H and O–H groups in total. The van der Waals surface area contributed by atoms with Gasteiger partial charge in [-0.15, -0.1) is 0 Å². The highest BCUT2D eigenvalue weighted by atomic mass is 79.9. The van der Waals surface area contributed by atoms with Crippen molar-refractivity contribution in [2.75, 3.05) is 10.5 Å². The number of carboxylic acids is 1. The van der Waals surface area contributed by atoms with Crippen LogP contribution < -0.4 is 4.72 Å². The Morgan fingerprint density at radius 1 is 1.47 bits per heavy atom. The van der Waals surface area contributed by atoms with Gasteiger partial charge in [0, 0.05) is 10.2 Å². The maximum absolute atomic E-state index is 11.5. The molecule has 0 aromatic heterocycles. The van der Waals surface area contributed by atoms with Crippen molar-refractivity contribution >= 4 is 37.6 Å². The molecule has 0 aliphatic carbocycles. The van der Waals surface area contributed by atoms with Gasteiger partial charge in [-0.2, -0.15) is 0 Å². The van der Waals surface area contributed by atoms with Crippen LogP contribution in [0.5, 0.6) is 0 Å². The number of carboxylic acid groups (broad SMARTS) is 1. The molecule has 0 radical (unpaired) electrons. The van der Waals surface area contributed by atoms with E-state index in [1.165, 1.54) is 0 Å². The van der Waals surface area contributed by atoms with Gasteiger partial charge in [-0.3, -0.25) is 9.52 Å². The van der Waals surface area contributed by atoms with Gasteiger partial charge in [0.2, 0.25) is 10.0 Å². The Bertz CT molecular complexity index is 527. The molecule has 94 valence electrons. The predicted molar refractivity (Wildman–Crippen MR) is 68.5 cm³/mol. The number of anilines is 1. The number of sulfonamides is 1. The fourth-order valence-corrected chi connectivity index (χ4v) is 2.44. The van der Waals surface area contributed by atoms with Crippen molar-refractivity contribution in [3.05, 3.63) is 28.2 Å². The van der Waals surface area contributed by atoms with Crippen LogP contribution in [0, 0.1) is 6.92 Å². The molecule has 1 rings (SSSR count). The van der Waals surface area contributed by atoms with E-state index in [0.717, 1.165) is 10.0 Å². The topological polar surface area (TPSA) is 83.5 Å². The molecule has 0 saturated heterocycles. The van der Waals surface area contributed by atoms with Crippen LogP contribution >= 0.6 is 15.9 Å². The lowest BCUT2D eigenvalue weighted by molar-refractivity contribution is -0.136. The van der Waals surface area contributed by atoms with E-state index in [-0.39, 0.29) is 0 Å². The monoisotopic (exact) mass is 321 g/mol. The molecule has 7 heteroatoms. The van der Waals surface area contributed by atoms with Crippen molar-refractivity contribution < 1.29 is 18.3 Å². The highest BCUT2D eigenvalue weighted by molar-refractivity contribution is 9.10. The normalized spacial score (nSPS) is 11.2. The zero-order valence-electron chi connectivity index (χ0n) is 9.10. The molecule has 0 heterocycles. The lowest BCUT2D eigenvalue weighted by Crippen LogP contribution is -2.18. The first-order valence-corrected chi connectivity index (χ1v) is 7.23. The largest absolute Gasteiger partial charge is 0.481 e. The summed E-state index contributed by atoms with van der Waals surface area (Å²) in [5, 5.41) is 8.42. The Labute approximate surface area is 108 Å². The van der Waals surface area contributed by atoms with Gasteiger partial charge in [0.05, 0.1) is 12.2 Å². The summed E-state index contributed by atoms with van der Waals surface area (Å²) in [7, 11) is -3.61. The van der Waals surface area contributed by atoms with Crippen molar-refractivity contribution in [3.8, 4) is 0 Å². The Morgan fingerprint density at radius 3 is 2.65 bits per heavy atom. The molecule has 5 nitrogen and oxygen atoms in total. The Morgan fingerprint density at radius 2 is 2.12 bits per heavy atom. The van der Waals surface area contributed by atoms with E-state index in [1.54, 1.807) is 18.2 Å². The SMILES string of the molecule is Cc1cc(NS(=O)(=O)CCC(=O)O)ccc1Br. The van der Waals surface area contributed by atoms with E-state index in [9.17, 15) is 13.2 Å². The van der Waals surface area contributed by atoms with E-state index < -0.39 is 28.2 Å². The second-order valence-electron chi connectivity index (χ2n) is 3.53. The summed E-state index contributed by atoms with van der Waals surface area (Å²) in [5.41, 5.74) is 1.32. The third-order valence-corrected chi connectivity index (χ3v) is 4.19. The molecular formula is C10H12BrNO4S. The second-order valence-corrected chi connectivity index (χ2v) is 6.22. The minimum Gasteiger partial charge on any atom is -0.481 e. The molecule has 0 aliphatic rings. The molecule has 0 atom stereocenters. The highest BCUT2D eigenvalue weighted by Crippen LogP contribution is 2.20. The Balaban J connectivity index is 2.76. The van der Waals surface area contributed by atoms with E-state index in [2.05, 4.69) is 20.7 Å². The average molecular weight is 322 g/mol. The summed E-state index contributed by atoms with van der Waals surface area (Å²) < 4.78 is 26.2. The molecule has 1 aromatic rings. The van der Waals surface area contributed by atoms with Gasteiger partial charge < -0.3 is 5.11 Å². The van der Waals surface area contributed by atoms with E-state index in [1.807, 2.05) is 6.92 Å². The summed E-state index contributed by atoms with van der Waals surface area (Å²) in [5.74, 6) is -1.57. The smallest absolute Gasteiger partial charge is 0.304 e. The van der Waals surface area contributed by atoms with Crippen LogP contribution in [-0.2, 0) is 14.8 Å². The van der Waals surface area contributed by atoms with Crippen LogP contribution in [0.3, 0.4) is 0 Å². The standard InChI is InChI=1S/C10H12BrNO4S/c1-7-6-8(2-3-9(7)11)12-17(15,16)5-4-10(13)14/h2-3,6,12H,4-5H2,1H3,(H,13,14). The van der Waals surface area contributed by atoms with Crippen molar-refractivity contribution in [3.63, 3.8) is 0 Å². The van der Waals surface area contributed by atoms with Gasteiger partial charge in [-0.1, -0.05) is 15.9 Å². The minimum absolute atomic E-state index is 0.412. The number of benzene rings is 1. The number of hydrogen-bond donors (Lipinski definition) is 2. The molecule has 17 heavy (non-hydrogen) atoms. The predicted octanol–water partition coefficient (Wildman–Crippen LogP) is 1.97. The van der Waals surface area contributed by atoms with Gasteiger partial charge in [0.1, 0.15) is 0 Å².